The standard InChI is InChI=1S/C27H28N4O4/c1-19-17-22(29-26(34)20-7-10-23(11-8-20)30-15-13-28-14-16-30)9-12-24(19)31(18-25(32)33)27(35)21-5-3-2-4-6-21/h2-12,17,28H,13-16,18H2,1H3,(H,29,34)(H,32,33). The monoisotopic (exact) mass is 472 g/mol. The van der Waals surface area contributed by atoms with E-state index in [-0.39, 0.29) is 5.91 Å². The Kier molecular flexibility index (Phi) is 7.42. The van der Waals surface area contributed by atoms with Crippen LogP contribution in [-0.4, -0.2) is 55.6 Å². The van der Waals surface area contributed by atoms with Crippen LogP contribution < -0.4 is 20.4 Å². The lowest BCUT2D eigenvalue weighted by molar-refractivity contribution is -0.135. The molecule has 180 valence electrons. The number of anilines is 3. The summed E-state index contributed by atoms with van der Waals surface area (Å²) < 4.78 is 0. The molecular weight excluding hydrogens is 444 g/mol. The zero-order chi connectivity index (χ0) is 24.8. The number of aryl methyl sites for hydroxylation is 1. The number of nitrogens with one attached hydrogen (secondary N) is 2. The molecule has 8 heteroatoms. The Bertz CT molecular complexity index is 1210. The van der Waals surface area contributed by atoms with Crippen molar-refractivity contribution in [2.24, 2.45) is 0 Å². The maximum absolute atomic E-state index is 13.0. The van der Waals surface area contributed by atoms with Crippen LogP contribution in [0.15, 0.2) is 72.8 Å². The zero-order valence-electron chi connectivity index (χ0n) is 19.5. The quantitative estimate of drug-likeness (QED) is 0.487. The first kappa shape index (κ1) is 24.0. The van der Waals surface area contributed by atoms with Crippen molar-refractivity contribution in [3.8, 4) is 0 Å². The van der Waals surface area contributed by atoms with E-state index in [0.29, 0.717) is 28.1 Å². The lowest BCUT2D eigenvalue weighted by Gasteiger charge is -2.29. The first-order valence-electron chi connectivity index (χ1n) is 11.5. The van der Waals surface area contributed by atoms with E-state index >= 15 is 0 Å². The van der Waals surface area contributed by atoms with Crippen molar-refractivity contribution in [2.45, 2.75) is 6.92 Å². The number of carbonyl (C=O) groups excluding carboxylic acids is 2. The summed E-state index contributed by atoms with van der Waals surface area (Å²) in [6.45, 7) is 5.06. The van der Waals surface area contributed by atoms with Crippen LogP contribution in [0, 0.1) is 6.92 Å². The Balaban J connectivity index is 1.49. The number of aliphatic carboxylic acids is 1. The van der Waals surface area contributed by atoms with Crippen LogP contribution in [0.2, 0.25) is 0 Å². The summed E-state index contributed by atoms with van der Waals surface area (Å²) in [7, 11) is 0. The fourth-order valence-corrected chi connectivity index (χ4v) is 4.12. The van der Waals surface area contributed by atoms with E-state index in [1.54, 1.807) is 67.6 Å². The topological polar surface area (TPSA) is 102 Å². The minimum absolute atomic E-state index is 0.244. The summed E-state index contributed by atoms with van der Waals surface area (Å²) in [6, 6.07) is 21.1. The number of rotatable bonds is 7. The molecule has 1 aliphatic rings. The molecule has 0 radical (unpaired) electrons. The van der Waals surface area contributed by atoms with Crippen LogP contribution in [-0.2, 0) is 4.79 Å². The number of carboxylic acids is 1. The van der Waals surface area contributed by atoms with Gasteiger partial charge < -0.3 is 20.6 Å². The molecular formula is C27H28N4O4. The largest absolute Gasteiger partial charge is 0.480 e. The molecule has 0 aliphatic carbocycles. The molecule has 1 heterocycles. The summed E-state index contributed by atoms with van der Waals surface area (Å²) in [5.41, 5.74) is 3.73. The molecule has 0 spiro atoms. The molecule has 3 aromatic carbocycles. The second kappa shape index (κ2) is 10.8. The Morgan fingerprint density at radius 3 is 2.26 bits per heavy atom. The van der Waals surface area contributed by atoms with Gasteiger partial charge in [0.05, 0.1) is 0 Å². The van der Waals surface area contributed by atoms with Gasteiger partial charge in [0.25, 0.3) is 11.8 Å². The minimum atomic E-state index is -1.12. The summed E-state index contributed by atoms with van der Waals surface area (Å²) >= 11 is 0. The van der Waals surface area contributed by atoms with E-state index in [0.717, 1.165) is 31.9 Å². The van der Waals surface area contributed by atoms with E-state index in [4.69, 9.17) is 0 Å². The highest BCUT2D eigenvalue weighted by Crippen LogP contribution is 2.26. The molecule has 3 aromatic rings. The fourth-order valence-electron chi connectivity index (χ4n) is 4.12. The van der Waals surface area contributed by atoms with E-state index in [2.05, 4.69) is 15.5 Å². The Morgan fingerprint density at radius 1 is 0.943 bits per heavy atom. The van der Waals surface area contributed by atoms with Crippen molar-refractivity contribution in [1.29, 1.82) is 0 Å². The highest BCUT2D eigenvalue weighted by molar-refractivity contribution is 6.09. The molecule has 0 saturated carbocycles. The van der Waals surface area contributed by atoms with Gasteiger partial charge in [-0.05, 0) is 67.1 Å². The minimum Gasteiger partial charge on any atom is -0.480 e. The SMILES string of the molecule is Cc1cc(NC(=O)c2ccc(N3CCNCC3)cc2)ccc1N(CC(=O)O)C(=O)c1ccccc1. The predicted molar refractivity (Wildman–Crippen MR) is 136 cm³/mol. The average Bonchev–Trinajstić information content (AvgIpc) is 2.88. The number of hydrogen-bond donors (Lipinski definition) is 3. The van der Waals surface area contributed by atoms with Crippen molar-refractivity contribution < 1.29 is 19.5 Å². The molecule has 0 atom stereocenters. The third-order valence-electron chi connectivity index (χ3n) is 5.92. The van der Waals surface area contributed by atoms with Gasteiger partial charge in [-0.3, -0.25) is 19.3 Å². The maximum Gasteiger partial charge on any atom is 0.323 e. The van der Waals surface area contributed by atoms with Gasteiger partial charge in [0.15, 0.2) is 0 Å². The van der Waals surface area contributed by atoms with Crippen LogP contribution in [0.3, 0.4) is 0 Å². The number of carboxylic acid groups (broad SMARTS) is 1. The van der Waals surface area contributed by atoms with Crippen molar-refractivity contribution in [2.75, 3.05) is 47.8 Å². The summed E-state index contributed by atoms with van der Waals surface area (Å²) in [4.78, 5) is 40.8. The van der Waals surface area contributed by atoms with Crippen LogP contribution in [0.5, 0.6) is 0 Å². The van der Waals surface area contributed by atoms with E-state index in [1.807, 2.05) is 12.1 Å². The van der Waals surface area contributed by atoms with Gasteiger partial charge >= 0.3 is 5.97 Å². The zero-order valence-corrected chi connectivity index (χ0v) is 19.5. The van der Waals surface area contributed by atoms with E-state index in [1.165, 1.54) is 4.90 Å². The molecule has 0 aromatic heterocycles. The normalized spacial score (nSPS) is 13.2. The molecule has 3 N–H and O–H groups in total. The van der Waals surface area contributed by atoms with Crippen LogP contribution in [0.4, 0.5) is 17.1 Å². The number of amides is 2. The Labute approximate surface area is 204 Å². The maximum atomic E-state index is 13.0. The molecule has 1 fully saturated rings. The van der Waals surface area contributed by atoms with Gasteiger partial charge in [0.1, 0.15) is 6.54 Å². The number of piperazine rings is 1. The molecule has 1 saturated heterocycles. The summed E-state index contributed by atoms with van der Waals surface area (Å²) in [6.07, 6.45) is 0. The van der Waals surface area contributed by atoms with Crippen molar-refractivity contribution >= 4 is 34.8 Å². The number of hydrogen-bond acceptors (Lipinski definition) is 5. The molecule has 1 aliphatic heterocycles. The lowest BCUT2D eigenvalue weighted by Crippen LogP contribution is -2.43. The Morgan fingerprint density at radius 2 is 1.63 bits per heavy atom. The molecule has 35 heavy (non-hydrogen) atoms. The smallest absolute Gasteiger partial charge is 0.323 e. The number of carbonyl (C=O) groups is 3. The van der Waals surface area contributed by atoms with Gasteiger partial charge in [0, 0.05) is 54.4 Å². The molecule has 0 unspecified atom stereocenters. The average molecular weight is 473 g/mol. The van der Waals surface area contributed by atoms with E-state index < -0.39 is 18.4 Å². The predicted octanol–water partition coefficient (Wildman–Crippen LogP) is 3.39. The summed E-state index contributed by atoms with van der Waals surface area (Å²) in [5.74, 6) is -1.76. The molecule has 0 bridgehead atoms. The summed E-state index contributed by atoms with van der Waals surface area (Å²) in [5, 5.41) is 15.6. The van der Waals surface area contributed by atoms with Crippen molar-refractivity contribution in [3.05, 3.63) is 89.5 Å². The lowest BCUT2D eigenvalue weighted by atomic mass is 10.1. The van der Waals surface area contributed by atoms with Crippen LogP contribution in [0.25, 0.3) is 0 Å². The Hall–Kier alpha value is -4.17. The third kappa shape index (κ3) is 5.85. The number of benzene rings is 3. The van der Waals surface area contributed by atoms with Gasteiger partial charge in [-0.2, -0.15) is 0 Å². The second-order valence-electron chi connectivity index (χ2n) is 8.39. The van der Waals surface area contributed by atoms with Gasteiger partial charge in [0.2, 0.25) is 0 Å². The van der Waals surface area contributed by atoms with Gasteiger partial charge in [-0.25, -0.2) is 0 Å². The highest BCUT2D eigenvalue weighted by atomic mass is 16.4. The van der Waals surface area contributed by atoms with Crippen LogP contribution >= 0.6 is 0 Å². The first-order valence-corrected chi connectivity index (χ1v) is 11.5. The van der Waals surface area contributed by atoms with Crippen molar-refractivity contribution in [1.82, 2.24) is 5.32 Å². The first-order chi connectivity index (χ1) is 16.9. The molecule has 8 nitrogen and oxygen atoms in total. The fraction of sp³-hybridized carbons (Fsp3) is 0.222. The second-order valence-corrected chi connectivity index (χ2v) is 8.39. The molecule has 2 amide bonds. The highest BCUT2D eigenvalue weighted by Gasteiger charge is 2.22. The van der Waals surface area contributed by atoms with Crippen LogP contribution in [0.1, 0.15) is 26.3 Å². The van der Waals surface area contributed by atoms with Crippen molar-refractivity contribution in [3.63, 3.8) is 0 Å². The van der Waals surface area contributed by atoms with E-state index in [9.17, 15) is 19.5 Å². The number of nitrogens with zero attached hydrogens (tertiary/aromatic N) is 2. The molecule has 4 rings (SSSR count). The third-order valence-corrected chi connectivity index (χ3v) is 5.92. The van der Waals surface area contributed by atoms with Gasteiger partial charge in [-0.1, -0.05) is 18.2 Å². The van der Waals surface area contributed by atoms with Gasteiger partial charge in [-0.15, -0.1) is 0 Å².